The smallest absolute Gasteiger partial charge is 0.255 e. The highest BCUT2D eigenvalue weighted by molar-refractivity contribution is 6.05. The van der Waals surface area contributed by atoms with Crippen molar-refractivity contribution in [2.24, 2.45) is 5.41 Å². The van der Waals surface area contributed by atoms with Crippen molar-refractivity contribution in [2.45, 2.75) is 27.4 Å². The van der Waals surface area contributed by atoms with Crippen LogP contribution in [0, 0.1) is 5.41 Å². The number of anilines is 2. The Hall–Kier alpha value is -4.33. The molecule has 0 saturated carbocycles. The first-order valence-corrected chi connectivity index (χ1v) is 11.2. The molecule has 8 nitrogen and oxygen atoms in total. The number of amides is 2. The number of nitrogens with zero attached hydrogens (tertiary/aromatic N) is 2. The predicted molar refractivity (Wildman–Crippen MR) is 135 cm³/mol. The van der Waals surface area contributed by atoms with Crippen molar-refractivity contribution in [1.29, 1.82) is 0 Å². The van der Waals surface area contributed by atoms with E-state index in [4.69, 9.17) is 9.47 Å². The zero-order valence-electron chi connectivity index (χ0n) is 20.2. The number of benzene rings is 2. The second-order valence-corrected chi connectivity index (χ2v) is 9.09. The van der Waals surface area contributed by atoms with Crippen molar-refractivity contribution in [2.75, 3.05) is 17.7 Å². The minimum absolute atomic E-state index is 0.127. The zero-order chi connectivity index (χ0) is 25.0. The number of hydrogen-bond acceptors (Lipinski definition) is 5. The molecule has 0 bridgehead atoms. The fraction of sp³-hybridized carbons (Fsp3) is 0.222. The molecule has 2 amide bonds. The molecule has 4 aromatic rings. The van der Waals surface area contributed by atoms with Crippen LogP contribution < -0.4 is 20.1 Å². The van der Waals surface area contributed by atoms with Gasteiger partial charge in [0.2, 0.25) is 5.91 Å². The summed E-state index contributed by atoms with van der Waals surface area (Å²) in [5, 5.41) is 5.72. The van der Waals surface area contributed by atoms with Crippen LogP contribution >= 0.6 is 0 Å². The van der Waals surface area contributed by atoms with Crippen molar-refractivity contribution in [3.8, 4) is 11.5 Å². The van der Waals surface area contributed by atoms with Crippen molar-refractivity contribution in [1.82, 2.24) is 9.38 Å². The summed E-state index contributed by atoms with van der Waals surface area (Å²) in [6.45, 7) is 5.73. The molecule has 0 saturated heterocycles. The minimum atomic E-state index is -0.541. The van der Waals surface area contributed by atoms with Gasteiger partial charge in [0.1, 0.15) is 12.3 Å². The Morgan fingerprint density at radius 3 is 2.49 bits per heavy atom. The summed E-state index contributed by atoms with van der Waals surface area (Å²) < 4.78 is 13.3. The van der Waals surface area contributed by atoms with Crippen LogP contribution in [0.4, 0.5) is 11.4 Å². The van der Waals surface area contributed by atoms with Crippen LogP contribution in [0.2, 0.25) is 0 Å². The van der Waals surface area contributed by atoms with Crippen molar-refractivity contribution in [3.63, 3.8) is 0 Å². The van der Waals surface area contributed by atoms with E-state index in [0.29, 0.717) is 28.4 Å². The molecule has 2 aromatic heterocycles. The third-order valence-corrected chi connectivity index (χ3v) is 5.27. The molecular formula is C27H28N4O4. The van der Waals surface area contributed by atoms with Crippen LogP contribution in [0.1, 0.15) is 36.8 Å². The second-order valence-electron chi connectivity index (χ2n) is 9.09. The molecule has 0 spiro atoms. The lowest BCUT2D eigenvalue weighted by atomic mass is 9.95. The van der Waals surface area contributed by atoms with E-state index in [9.17, 15) is 9.59 Å². The molecular weight excluding hydrogens is 444 g/mol. The summed E-state index contributed by atoms with van der Waals surface area (Å²) in [5.41, 5.74) is 2.58. The molecule has 2 heterocycles. The van der Waals surface area contributed by atoms with E-state index in [1.807, 2.05) is 55.8 Å². The molecule has 0 atom stereocenters. The van der Waals surface area contributed by atoms with E-state index in [1.54, 1.807) is 49.6 Å². The van der Waals surface area contributed by atoms with Gasteiger partial charge in [-0.1, -0.05) is 32.9 Å². The summed E-state index contributed by atoms with van der Waals surface area (Å²) in [6.07, 6.45) is 3.82. The highest BCUT2D eigenvalue weighted by Gasteiger charge is 2.21. The summed E-state index contributed by atoms with van der Waals surface area (Å²) in [6, 6.07) is 17.8. The molecule has 8 heteroatoms. The molecule has 0 fully saturated rings. The molecule has 2 aromatic carbocycles. The number of pyridine rings is 1. The average Bonchev–Trinajstić information content (AvgIpc) is 3.25. The van der Waals surface area contributed by atoms with Gasteiger partial charge in [0.05, 0.1) is 12.8 Å². The quantitative estimate of drug-likeness (QED) is 0.388. The molecule has 35 heavy (non-hydrogen) atoms. The number of fused-ring (bicyclic) bond motifs is 1. The molecule has 0 aliphatic rings. The Labute approximate surface area is 203 Å². The summed E-state index contributed by atoms with van der Waals surface area (Å²) in [4.78, 5) is 29.7. The van der Waals surface area contributed by atoms with Gasteiger partial charge < -0.3 is 24.5 Å². The largest absolute Gasteiger partial charge is 0.493 e. The Morgan fingerprint density at radius 1 is 0.943 bits per heavy atom. The fourth-order valence-electron chi connectivity index (χ4n) is 3.34. The number of carbonyl (C=O) groups excluding carboxylic acids is 2. The van der Waals surface area contributed by atoms with Crippen molar-refractivity contribution in [3.05, 3.63) is 84.3 Å². The number of ether oxygens (including phenoxy) is 2. The van der Waals surface area contributed by atoms with Gasteiger partial charge in [-0.25, -0.2) is 4.98 Å². The van der Waals surface area contributed by atoms with Gasteiger partial charge in [-0.2, -0.15) is 0 Å². The highest BCUT2D eigenvalue weighted by atomic mass is 16.5. The summed E-state index contributed by atoms with van der Waals surface area (Å²) in [7, 11) is 1.56. The molecule has 0 unspecified atom stereocenters. The maximum atomic E-state index is 12.9. The molecule has 0 aliphatic heterocycles. The predicted octanol–water partition coefficient (Wildman–Crippen LogP) is 5.16. The minimum Gasteiger partial charge on any atom is -0.493 e. The number of nitrogens with one attached hydrogen (secondary N) is 2. The van der Waals surface area contributed by atoms with Crippen LogP contribution in [0.25, 0.3) is 5.65 Å². The van der Waals surface area contributed by atoms with Crippen LogP contribution in [-0.2, 0) is 11.4 Å². The number of carbonyl (C=O) groups is 2. The van der Waals surface area contributed by atoms with Crippen molar-refractivity contribution < 1.29 is 19.1 Å². The SMILES string of the molecule is COc1ccc(NC(=O)c2cccc(NC(=O)C(C)(C)C)c2)cc1OCc1cn2ccccc2n1. The van der Waals surface area contributed by atoms with Gasteiger partial charge in [-0.15, -0.1) is 0 Å². The van der Waals surface area contributed by atoms with E-state index in [0.717, 1.165) is 11.3 Å². The van der Waals surface area contributed by atoms with Gasteiger partial charge in [-0.3, -0.25) is 9.59 Å². The number of methoxy groups -OCH3 is 1. The van der Waals surface area contributed by atoms with E-state index in [-0.39, 0.29) is 18.4 Å². The number of aromatic nitrogens is 2. The summed E-state index contributed by atoms with van der Waals surface area (Å²) >= 11 is 0. The van der Waals surface area contributed by atoms with Crippen LogP contribution in [0.15, 0.2) is 73.1 Å². The van der Waals surface area contributed by atoms with E-state index < -0.39 is 5.41 Å². The first-order chi connectivity index (χ1) is 16.7. The maximum absolute atomic E-state index is 12.9. The second kappa shape index (κ2) is 9.89. The monoisotopic (exact) mass is 472 g/mol. The molecule has 180 valence electrons. The normalized spacial score (nSPS) is 11.2. The van der Waals surface area contributed by atoms with Crippen LogP contribution in [0.3, 0.4) is 0 Å². The fourth-order valence-corrected chi connectivity index (χ4v) is 3.34. The lowest BCUT2D eigenvalue weighted by molar-refractivity contribution is -0.123. The lowest BCUT2D eigenvalue weighted by Crippen LogP contribution is -2.27. The van der Waals surface area contributed by atoms with Gasteiger partial charge >= 0.3 is 0 Å². The van der Waals surface area contributed by atoms with Crippen LogP contribution in [-0.4, -0.2) is 28.3 Å². The number of rotatable bonds is 7. The first kappa shape index (κ1) is 23.8. The maximum Gasteiger partial charge on any atom is 0.255 e. The molecule has 0 radical (unpaired) electrons. The highest BCUT2D eigenvalue weighted by Crippen LogP contribution is 2.31. The molecule has 4 rings (SSSR count). The standard InChI is InChI=1S/C27H28N4O4/c1-27(2,3)26(33)30-19-9-7-8-18(14-19)25(32)29-20-11-12-22(34-4)23(15-20)35-17-21-16-31-13-6-5-10-24(31)28-21/h5-16H,17H2,1-4H3,(H,29,32)(H,30,33). The lowest BCUT2D eigenvalue weighted by Gasteiger charge is -2.18. The Balaban J connectivity index is 1.46. The van der Waals surface area contributed by atoms with E-state index in [1.165, 1.54) is 0 Å². The first-order valence-electron chi connectivity index (χ1n) is 11.2. The number of hydrogen-bond donors (Lipinski definition) is 2. The Morgan fingerprint density at radius 2 is 1.74 bits per heavy atom. The van der Waals surface area contributed by atoms with Crippen LogP contribution in [0.5, 0.6) is 11.5 Å². The topological polar surface area (TPSA) is 94.0 Å². The van der Waals surface area contributed by atoms with Gasteiger partial charge in [0.25, 0.3) is 5.91 Å². The van der Waals surface area contributed by atoms with E-state index in [2.05, 4.69) is 15.6 Å². The number of imidazole rings is 1. The summed E-state index contributed by atoms with van der Waals surface area (Å²) in [5.74, 6) is 0.582. The average molecular weight is 473 g/mol. The third-order valence-electron chi connectivity index (χ3n) is 5.27. The zero-order valence-corrected chi connectivity index (χ0v) is 20.2. The van der Waals surface area contributed by atoms with E-state index >= 15 is 0 Å². The van der Waals surface area contributed by atoms with Gasteiger partial charge in [0, 0.05) is 40.8 Å². The molecule has 2 N–H and O–H groups in total. The van der Waals surface area contributed by atoms with Crippen molar-refractivity contribution >= 4 is 28.8 Å². The van der Waals surface area contributed by atoms with Gasteiger partial charge in [0.15, 0.2) is 11.5 Å². The molecule has 0 aliphatic carbocycles. The third kappa shape index (κ3) is 5.78. The Bertz CT molecular complexity index is 1340. The Kier molecular flexibility index (Phi) is 6.73. The van der Waals surface area contributed by atoms with Gasteiger partial charge in [-0.05, 0) is 42.5 Å².